The zero-order valence-electron chi connectivity index (χ0n) is 10.0. The minimum Gasteiger partial charge on any atom is -0.389 e. The van der Waals surface area contributed by atoms with E-state index in [0.717, 1.165) is 6.61 Å². The number of hydrogen-bond donors (Lipinski definition) is 2. The summed E-state index contributed by atoms with van der Waals surface area (Å²) in [6, 6.07) is 4.08. The van der Waals surface area contributed by atoms with E-state index in [9.17, 15) is 9.50 Å². The third-order valence-corrected chi connectivity index (χ3v) is 3.15. The van der Waals surface area contributed by atoms with E-state index in [1.165, 1.54) is 31.0 Å². The second kappa shape index (κ2) is 6.36. The number of anilines is 1. The molecule has 3 nitrogen and oxygen atoms in total. The highest BCUT2D eigenvalue weighted by molar-refractivity contribution is 6.33. The van der Waals surface area contributed by atoms with Gasteiger partial charge in [0.25, 0.3) is 0 Å². The number of rotatable bonds is 7. The maximum atomic E-state index is 13.0. The molecule has 1 atom stereocenters. The molecule has 0 saturated heterocycles. The Morgan fingerprint density at radius 1 is 1.50 bits per heavy atom. The summed E-state index contributed by atoms with van der Waals surface area (Å²) in [5.41, 5.74) is 0.484. The molecule has 0 bridgehead atoms. The highest BCUT2D eigenvalue weighted by atomic mass is 35.5. The van der Waals surface area contributed by atoms with Gasteiger partial charge in [-0.2, -0.15) is 0 Å². The van der Waals surface area contributed by atoms with Crippen molar-refractivity contribution in [3.63, 3.8) is 0 Å². The van der Waals surface area contributed by atoms with Gasteiger partial charge < -0.3 is 15.2 Å². The van der Waals surface area contributed by atoms with Crippen molar-refractivity contribution in [1.29, 1.82) is 0 Å². The molecule has 0 aliphatic heterocycles. The molecule has 1 fully saturated rings. The summed E-state index contributed by atoms with van der Waals surface area (Å²) in [5, 5.41) is 13.0. The molecule has 1 aliphatic carbocycles. The van der Waals surface area contributed by atoms with E-state index in [1.807, 2.05) is 0 Å². The molecule has 1 aromatic carbocycles. The van der Waals surface area contributed by atoms with Crippen LogP contribution >= 0.6 is 11.6 Å². The summed E-state index contributed by atoms with van der Waals surface area (Å²) in [7, 11) is 0. The van der Waals surface area contributed by atoms with Crippen molar-refractivity contribution in [2.45, 2.75) is 18.9 Å². The number of hydrogen-bond acceptors (Lipinski definition) is 3. The molecule has 18 heavy (non-hydrogen) atoms. The molecule has 2 rings (SSSR count). The van der Waals surface area contributed by atoms with E-state index < -0.39 is 6.10 Å². The first-order chi connectivity index (χ1) is 8.65. The fourth-order valence-electron chi connectivity index (χ4n) is 1.57. The van der Waals surface area contributed by atoms with Crippen LogP contribution in [0, 0.1) is 11.7 Å². The van der Waals surface area contributed by atoms with Crippen molar-refractivity contribution < 1.29 is 14.2 Å². The van der Waals surface area contributed by atoms with Crippen LogP contribution in [0.5, 0.6) is 0 Å². The van der Waals surface area contributed by atoms with Gasteiger partial charge in [-0.05, 0) is 37.0 Å². The molecule has 100 valence electrons. The Kier molecular flexibility index (Phi) is 4.80. The summed E-state index contributed by atoms with van der Waals surface area (Å²) in [6.07, 6.45) is 1.84. The lowest BCUT2D eigenvalue weighted by Crippen LogP contribution is -2.25. The van der Waals surface area contributed by atoms with Crippen LogP contribution in [-0.2, 0) is 4.74 Å². The first kappa shape index (κ1) is 13.6. The van der Waals surface area contributed by atoms with Gasteiger partial charge in [0, 0.05) is 13.2 Å². The molecule has 1 saturated carbocycles. The molecule has 0 heterocycles. The van der Waals surface area contributed by atoms with Gasteiger partial charge in [0.15, 0.2) is 0 Å². The average molecular weight is 274 g/mol. The maximum Gasteiger partial charge on any atom is 0.125 e. The van der Waals surface area contributed by atoms with E-state index in [0.29, 0.717) is 16.6 Å². The minimum atomic E-state index is -0.622. The molecule has 1 aliphatic rings. The van der Waals surface area contributed by atoms with E-state index in [4.69, 9.17) is 16.3 Å². The number of aliphatic hydroxyl groups is 1. The van der Waals surface area contributed by atoms with Crippen LogP contribution in [0.4, 0.5) is 10.1 Å². The smallest absolute Gasteiger partial charge is 0.125 e. The Morgan fingerprint density at radius 3 is 3.00 bits per heavy atom. The molecule has 0 amide bonds. The number of ether oxygens (including phenoxy) is 1. The van der Waals surface area contributed by atoms with Crippen molar-refractivity contribution in [1.82, 2.24) is 0 Å². The third kappa shape index (κ3) is 4.44. The summed E-state index contributed by atoms with van der Waals surface area (Å²) < 4.78 is 18.3. The lowest BCUT2D eigenvalue weighted by molar-refractivity contribution is 0.0386. The van der Waals surface area contributed by atoms with Gasteiger partial charge in [-0.3, -0.25) is 0 Å². The SMILES string of the molecule is OC(CNc1cc(F)ccc1Cl)COCC1CC1. The lowest BCUT2D eigenvalue weighted by Gasteiger charge is -2.14. The summed E-state index contributed by atoms with van der Waals surface area (Å²) >= 11 is 5.89. The van der Waals surface area contributed by atoms with E-state index in [1.54, 1.807) is 0 Å². The van der Waals surface area contributed by atoms with Gasteiger partial charge in [-0.15, -0.1) is 0 Å². The second-order valence-corrected chi connectivity index (χ2v) is 5.05. The summed E-state index contributed by atoms with van der Waals surface area (Å²) in [5.74, 6) is 0.323. The molecular formula is C13H17ClFNO2. The highest BCUT2D eigenvalue weighted by Crippen LogP contribution is 2.28. The average Bonchev–Trinajstić information content (AvgIpc) is 3.14. The van der Waals surface area contributed by atoms with Crippen LogP contribution in [0.1, 0.15) is 12.8 Å². The molecule has 0 radical (unpaired) electrons. The number of aliphatic hydroxyl groups excluding tert-OH is 1. The van der Waals surface area contributed by atoms with Crippen molar-refractivity contribution in [2.24, 2.45) is 5.92 Å². The Balaban J connectivity index is 1.70. The molecule has 1 unspecified atom stereocenters. The molecule has 1 aromatic rings. The van der Waals surface area contributed by atoms with Gasteiger partial charge in [0.2, 0.25) is 0 Å². The Hall–Kier alpha value is -0.840. The predicted molar refractivity (Wildman–Crippen MR) is 69.4 cm³/mol. The molecule has 0 spiro atoms. The first-order valence-corrected chi connectivity index (χ1v) is 6.47. The molecule has 0 aromatic heterocycles. The Bertz CT molecular complexity index is 399. The fourth-order valence-corrected chi connectivity index (χ4v) is 1.76. The fraction of sp³-hybridized carbons (Fsp3) is 0.538. The van der Waals surface area contributed by atoms with Crippen LogP contribution in [-0.4, -0.2) is 31.0 Å². The molecule has 2 N–H and O–H groups in total. The van der Waals surface area contributed by atoms with Crippen LogP contribution in [0.25, 0.3) is 0 Å². The molecule has 5 heteroatoms. The summed E-state index contributed by atoms with van der Waals surface area (Å²) in [4.78, 5) is 0. The van der Waals surface area contributed by atoms with Crippen LogP contribution in [0.2, 0.25) is 5.02 Å². The van der Waals surface area contributed by atoms with E-state index >= 15 is 0 Å². The normalized spacial score (nSPS) is 16.6. The number of halogens is 2. The van der Waals surface area contributed by atoms with E-state index in [2.05, 4.69) is 5.32 Å². The van der Waals surface area contributed by atoms with Gasteiger partial charge >= 0.3 is 0 Å². The number of nitrogens with one attached hydrogen (secondary N) is 1. The van der Waals surface area contributed by atoms with Gasteiger partial charge in [0.1, 0.15) is 5.82 Å². The third-order valence-electron chi connectivity index (χ3n) is 2.82. The summed E-state index contributed by atoms with van der Waals surface area (Å²) in [6.45, 7) is 1.29. The predicted octanol–water partition coefficient (Wildman–Crippen LogP) is 2.68. The van der Waals surface area contributed by atoms with E-state index in [-0.39, 0.29) is 19.0 Å². The number of benzene rings is 1. The topological polar surface area (TPSA) is 41.5 Å². The zero-order chi connectivity index (χ0) is 13.0. The largest absolute Gasteiger partial charge is 0.389 e. The second-order valence-electron chi connectivity index (χ2n) is 4.64. The monoisotopic (exact) mass is 273 g/mol. The van der Waals surface area contributed by atoms with Gasteiger partial charge in [-0.25, -0.2) is 4.39 Å². The van der Waals surface area contributed by atoms with Gasteiger partial charge in [0.05, 0.1) is 23.4 Å². The Morgan fingerprint density at radius 2 is 2.28 bits per heavy atom. The standard InChI is InChI=1S/C13H17ClFNO2/c14-12-4-3-10(15)5-13(12)16-6-11(17)8-18-7-9-1-2-9/h3-5,9,11,16-17H,1-2,6-8H2. The minimum absolute atomic E-state index is 0.286. The first-order valence-electron chi connectivity index (χ1n) is 6.10. The maximum absolute atomic E-state index is 13.0. The van der Waals surface area contributed by atoms with Crippen molar-refractivity contribution in [2.75, 3.05) is 25.1 Å². The Labute approximate surface area is 111 Å². The quantitative estimate of drug-likeness (QED) is 0.803. The van der Waals surface area contributed by atoms with Crippen LogP contribution < -0.4 is 5.32 Å². The molecular weight excluding hydrogens is 257 g/mol. The van der Waals surface area contributed by atoms with Crippen LogP contribution in [0.3, 0.4) is 0 Å². The van der Waals surface area contributed by atoms with Crippen molar-refractivity contribution >= 4 is 17.3 Å². The van der Waals surface area contributed by atoms with Crippen molar-refractivity contribution in [3.05, 3.63) is 29.0 Å². The highest BCUT2D eigenvalue weighted by Gasteiger charge is 2.21. The van der Waals surface area contributed by atoms with Crippen molar-refractivity contribution in [3.8, 4) is 0 Å². The zero-order valence-corrected chi connectivity index (χ0v) is 10.8. The van der Waals surface area contributed by atoms with Crippen LogP contribution in [0.15, 0.2) is 18.2 Å². The van der Waals surface area contributed by atoms with Gasteiger partial charge in [-0.1, -0.05) is 11.6 Å². The lowest BCUT2D eigenvalue weighted by atomic mass is 10.3.